The lowest BCUT2D eigenvalue weighted by molar-refractivity contribution is 0.727. The Hall–Kier alpha value is -2.87. The Kier molecular flexibility index (Phi) is 4.34. The zero-order valence-electron chi connectivity index (χ0n) is 14.5. The second kappa shape index (κ2) is 6.94. The van der Waals surface area contributed by atoms with Crippen LogP contribution in [0.1, 0.15) is 22.5 Å². The third kappa shape index (κ3) is 3.34. The topological polar surface area (TPSA) is 17.8 Å². The first kappa shape index (κ1) is 15.6. The van der Waals surface area contributed by atoms with Crippen LogP contribution in [0.15, 0.2) is 78.9 Å². The van der Waals surface area contributed by atoms with Crippen molar-refractivity contribution >= 4 is 11.0 Å². The molecular weight excluding hydrogens is 304 g/mol. The molecule has 1 aromatic heterocycles. The van der Waals surface area contributed by atoms with Gasteiger partial charge in [-0.3, -0.25) is 0 Å². The minimum absolute atomic E-state index is 0.872. The van der Waals surface area contributed by atoms with Gasteiger partial charge in [0.15, 0.2) is 0 Å². The van der Waals surface area contributed by atoms with E-state index in [1.54, 1.807) is 0 Å². The van der Waals surface area contributed by atoms with E-state index in [1.165, 1.54) is 22.2 Å². The van der Waals surface area contributed by atoms with Crippen LogP contribution in [0, 0.1) is 6.92 Å². The molecular formula is C23H22N2. The summed E-state index contributed by atoms with van der Waals surface area (Å²) in [4.78, 5) is 4.92. The zero-order valence-corrected chi connectivity index (χ0v) is 14.5. The summed E-state index contributed by atoms with van der Waals surface area (Å²) in [6.45, 7) is 3.05. The van der Waals surface area contributed by atoms with Gasteiger partial charge in [0.1, 0.15) is 5.82 Å². The maximum atomic E-state index is 4.92. The van der Waals surface area contributed by atoms with E-state index < -0.39 is 0 Å². The summed E-state index contributed by atoms with van der Waals surface area (Å²) in [6.07, 6.45) is 1.96. The molecule has 25 heavy (non-hydrogen) atoms. The lowest BCUT2D eigenvalue weighted by Crippen LogP contribution is -2.07. The fraction of sp³-hybridized carbons (Fsp3) is 0.174. The van der Waals surface area contributed by atoms with E-state index in [1.807, 2.05) is 0 Å². The van der Waals surface area contributed by atoms with Gasteiger partial charge >= 0.3 is 0 Å². The van der Waals surface area contributed by atoms with E-state index in [2.05, 4.69) is 90.4 Å². The van der Waals surface area contributed by atoms with Crippen molar-refractivity contribution in [3.05, 3.63) is 101 Å². The van der Waals surface area contributed by atoms with Crippen LogP contribution < -0.4 is 0 Å². The number of benzene rings is 3. The van der Waals surface area contributed by atoms with E-state index in [9.17, 15) is 0 Å². The van der Waals surface area contributed by atoms with E-state index in [4.69, 9.17) is 4.98 Å². The van der Waals surface area contributed by atoms with Crippen molar-refractivity contribution in [1.82, 2.24) is 9.55 Å². The number of hydrogen-bond acceptors (Lipinski definition) is 1. The number of rotatable bonds is 5. The van der Waals surface area contributed by atoms with Crippen LogP contribution >= 0.6 is 0 Å². The summed E-state index contributed by atoms with van der Waals surface area (Å²) in [5, 5.41) is 0. The molecule has 0 saturated carbocycles. The van der Waals surface area contributed by atoms with Crippen LogP contribution in [0.4, 0.5) is 0 Å². The molecule has 1 heterocycles. The third-order valence-electron chi connectivity index (χ3n) is 4.80. The standard InChI is InChI=1S/C23H22N2/c1-18-9-5-6-12-20(18)17-25-22-14-8-7-13-21(22)24-23(25)16-15-19-10-3-2-4-11-19/h2-14H,15-17H2,1H3. The van der Waals surface area contributed by atoms with Gasteiger partial charge < -0.3 is 4.57 Å². The molecule has 0 atom stereocenters. The molecule has 4 aromatic rings. The van der Waals surface area contributed by atoms with E-state index in [0.717, 1.165) is 30.7 Å². The molecule has 0 bridgehead atoms. The third-order valence-corrected chi connectivity index (χ3v) is 4.80. The Labute approximate surface area is 148 Å². The van der Waals surface area contributed by atoms with Gasteiger partial charge in [-0.05, 0) is 42.2 Å². The number of hydrogen-bond donors (Lipinski definition) is 0. The number of imidazole rings is 1. The highest BCUT2D eigenvalue weighted by Crippen LogP contribution is 2.20. The molecule has 124 valence electrons. The first-order valence-electron chi connectivity index (χ1n) is 8.84. The lowest BCUT2D eigenvalue weighted by Gasteiger charge is -2.11. The molecule has 2 heteroatoms. The molecule has 0 N–H and O–H groups in total. The predicted molar refractivity (Wildman–Crippen MR) is 104 cm³/mol. The van der Waals surface area contributed by atoms with Gasteiger partial charge in [-0.15, -0.1) is 0 Å². The van der Waals surface area contributed by atoms with Crippen LogP contribution in [-0.2, 0) is 19.4 Å². The maximum absolute atomic E-state index is 4.92. The van der Waals surface area contributed by atoms with Crippen LogP contribution in [0.3, 0.4) is 0 Å². The van der Waals surface area contributed by atoms with Crippen molar-refractivity contribution in [3.8, 4) is 0 Å². The van der Waals surface area contributed by atoms with E-state index in [0.29, 0.717) is 0 Å². The lowest BCUT2D eigenvalue weighted by atomic mass is 10.1. The highest BCUT2D eigenvalue weighted by atomic mass is 15.1. The van der Waals surface area contributed by atoms with Crippen molar-refractivity contribution in [2.75, 3.05) is 0 Å². The van der Waals surface area contributed by atoms with Crippen LogP contribution in [-0.4, -0.2) is 9.55 Å². The summed E-state index contributed by atoms with van der Waals surface area (Å²) < 4.78 is 2.38. The van der Waals surface area contributed by atoms with Crippen molar-refractivity contribution in [2.45, 2.75) is 26.3 Å². The largest absolute Gasteiger partial charge is 0.323 e. The summed E-state index contributed by atoms with van der Waals surface area (Å²) in [5.74, 6) is 1.16. The first-order chi connectivity index (χ1) is 12.3. The molecule has 3 aromatic carbocycles. The molecule has 0 aliphatic rings. The van der Waals surface area contributed by atoms with Crippen molar-refractivity contribution in [3.63, 3.8) is 0 Å². The summed E-state index contributed by atoms with van der Waals surface area (Å²) in [5.41, 5.74) is 6.34. The zero-order chi connectivity index (χ0) is 17.1. The van der Waals surface area contributed by atoms with Gasteiger partial charge in [0.05, 0.1) is 11.0 Å². The molecule has 0 aliphatic heterocycles. The van der Waals surface area contributed by atoms with E-state index >= 15 is 0 Å². The molecule has 0 aliphatic carbocycles. The smallest absolute Gasteiger partial charge is 0.110 e. The SMILES string of the molecule is Cc1ccccc1Cn1c(CCc2ccccc2)nc2ccccc21. The number of aryl methyl sites for hydroxylation is 3. The summed E-state index contributed by atoms with van der Waals surface area (Å²) in [6, 6.07) is 27.7. The molecule has 0 saturated heterocycles. The molecule has 0 amide bonds. The highest BCUT2D eigenvalue weighted by Gasteiger charge is 2.11. The monoisotopic (exact) mass is 326 g/mol. The quantitative estimate of drug-likeness (QED) is 0.494. The summed E-state index contributed by atoms with van der Waals surface area (Å²) in [7, 11) is 0. The van der Waals surface area contributed by atoms with Gasteiger partial charge in [-0.2, -0.15) is 0 Å². The number of aromatic nitrogens is 2. The molecule has 2 nitrogen and oxygen atoms in total. The minimum Gasteiger partial charge on any atom is -0.323 e. The van der Waals surface area contributed by atoms with Gasteiger partial charge in [-0.1, -0.05) is 66.7 Å². The van der Waals surface area contributed by atoms with Gasteiger partial charge in [0.25, 0.3) is 0 Å². The van der Waals surface area contributed by atoms with Gasteiger partial charge in [-0.25, -0.2) is 4.98 Å². The summed E-state index contributed by atoms with van der Waals surface area (Å²) >= 11 is 0. The van der Waals surface area contributed by atoms with Crippen LogP contribution in [0.25, 0.3) is 11.0 Å². The Morgan fingerprint density at radius 2 is 1.48 bits per heavy atom. The Morgan fingerprint density at radius 1 is 0.760 bits per heavy atom. The van der Waals surface area contributed by atoms with Crippen LogP contribution in [0.5, 0.6) is 0 Å². The number of fused-ring (bicyclic) bond motifs is 1. The van der Waals surface area contributed by atoms with Crippen molar-refractivity contribution < 1.29 is 0 Å². The molecule has 0 fully saturated rings. The Bertz CT molecular complexity index is 983. The number of nitrogens with zero attached hydrogens (tertiary/aromatic N) is 2. The second-order valence-electron chi connectivity index (χ2n) is 6.51. The molecule has 0 unspecified atom stereocenters. The maximum Gasteiger partial charge on any atom is 0.110 e. The van der Waals surface area contributed by atoms with Crippen molar-refractivity contribution in [2.24, 2.45) is 0 Å². The van der Waals surface area contributed by atoms with Crippen molar-refractivity contribution in [1.29, 1.82) is 0 Å². The minimum atomic E-state index is 0.872. The fourth-order valence-corrected chi connectivity index (χ4v) is 3.35. The van der Waals surface area contributed by atoms with Gasteiger partial charge in [0.2, 0.25) is 0 Å². The fourth-order valence-electron chi connectivity index (χ4n) is 3.35. The molecule has 4 rings (SSSR count). The molecule has 0 radical (unpaired) electrons. The Morgan fingerprint density at radius 3 is 2.32 bits per heavy atom. The average molecular weight is 326 g/mol. The number of para-hydroxylation sites is 2. The second-order valence-corrected chi connectivity index (χ2v) is 6.51. The normalized spacial score (nSPS) is 11.1. The first-order valence-corrected chi connectivity index (χ1v) is 8.84. The Balaban J connectivity index is 1.69. The average Bonchev–Trinajstić information content (AvgIpc) is 3.00. The van der Waals surface area contributed by atoms with Gasteiger partial charge in [0, 0.05) is 13.0 Å². The predicted octanol–water partition coefficient (Wildman–Crippen LogP) is 5.18. The van der Waals surface area contributed by atoms with E-state index in [-0.39, 0.29) is 0 Å². The molecule has 0 spiro atoms. The highest BCUT2D eigenvalue weighted by molar-refractivity contribution is 5.76. The van der Waals surface area contributed by atoms with Crippen LogP contribution in [0.2, 0.25) is 0 Å².